The fourth-order valence-electron chi connectivity index (χ4n) is 2.53. The first-order valence-electron chi connectivity index (χ1n) is 7.60. The van der Waals surface area contributed by atoms with E-state index in [2.05, 4.69) is 4.72 Å². The molecule has 1 aliphatic rings. The van der Waals surface area contributed by atoms with Crippen LogP contribution in [-0.2, 0) is 14.9 Å². The van der Waals surface area contributed by atoms with Gasteiger partial charge in [0.1, 0.15) is 12.4 Å². The van der Waals surface area contributed by atoms with Gasteiger partial charge in [-0.1, -0.05) is 36.4 Å². The summed E-state index contributed by atoms with van der Waals surface area (Å²) >= 11 is 0. The molecule has 2 aromatic rings. The third-order valence-corrected chi connectivity index (χ3v) is 5.32. The van der Waals surface area contributed by atoms with Crippen LogP contribution < -0.4 is 9.46 Å². The van der Waals surface area contributed by atoms with Gasteiger partial charge in [0, 0.05) is 25.0 Å². The fourth-order valence-corrected chi connectivity index (χ4v) is 3.69. The second-order valence-electron chi connectivity index (χ2n) is 5.24. The molecule has 7 heteroatoms. The van der Waals surface area contributed by atoms with E-state index in [-0.39, 0.29) is 13.2 Å². The minimum absolute atomic E-state index is 0.225. The van der Waals surface area contributed by atoms with Crippen LogP contribution in [0.25, 0.3) is 10.8 Å². The molecule has 2 aromatic carbocycles. The minimum Gasteiger partial charge on any atom is -0.492 e. The number of morpholine rings is 1. The van der Waals surface area contributed by atoms with Gasteiger partial charge in [-0.3, -0.25) is 0 Å². The summed E-state index contributed by atoms with van der Waals surface area (Å²) in [5.41, 5.74) is 0. The van der Waals surface area contributed by atoms with E-state index in [1.807, 2.05) is 42.5 Å². The van der Waals surface area contributed by atoms with Gasteiger partial charge in [-0.05, 0) is 11.5 Å². The van der Waals surface area contributed by atoms with Gasteiger partial charge in [-0.25, -0.2) is 0 Å². The van der Waals surface area contributed by atoms with Crippen molar-refractivity contribution in [1.29, 1.82) is 0 Å². The van der Waals surface area contributed by atoms with Crippen LogP contribution >= 0.6 is 0 Å². The van der Waals surface area contributed by atoms with Gasteiger partial charge >= 0.3 is 0 Å². The van der Waals surface area contributed by atoms with Gasteiger partial charge in [-0.15, -0.1) is 0 Å². The second kappa shape index (κ2) is 7.27. The zero-order valence-electron chi connectivity index (χ0n) is 12.8. The number of ether oxygens (including phenoxy) is 2. The Morgan fingerprint density at radius 1 is 1.09 bits per heavy atom. The maximum atomic E-state index is 12.1. The number of rotatable bonds is 6. The fraction of sp³-hybridized carbons (Fsp3) is 0.375. The van der Waals surface area contributed by atoms with Crippen LogP contribution in [0.5, 0.6) is 5.75 Å². The van der Waals surface area contributed by atoms with Gasteiger partial charge in [0.25, 0.3) is 10.2 Å². The van der Waals surface area contributed by atoms with Crippen molar-refractivity contribution in [2.24, 2.45) is 0 Å². The van der Waals surface area contributed by atoms with Crippen molar-refractivity contribution >= 4 is 21.0 Å². The summed E-state index contributed by atoms with van der Waals surface area (Å²) in [4.78, 5) is 0. The van der Waals surface area contributed by atoms with E-state index in [1.165, 1.54) is 4.31 Å². The zero-order valence-corrected chi connectivity index (χ0v) is 13.6. The quantitative estimate of drug-likeness (QED) is 0.810. The topological polar surface area (TPSA) is 67.9 Å². The number of fused-ring (bicyclic) bond motifs is 1. The molecule has 1 saturated heterocycles. The second-order valence-corrected chi connectivity index (χ2v) is 6.99. The first-order chi connectivity index (χ1) is 11.2. The van der Waals surface area contributed by atoms with Crippen molar-refractivity contribution in [2.75, 3.05) is 39.5 Å². The minimum atomic E-state index is -3.46. The largest absolute Gasteiger partial charge is 0.492 e. The van der Waals surface area contributed by atoms with Crippen molar-refractivity contribution in [2.45, 2.75) is 0 Å². The molecule has 0 bridgehead atoms. The Morgan fingerprint density at radius 2 is 1.83 bits per heavy atom. The highest BCUT2D eigenvalue weighted by Gasteiger charge is 2.23. The molecule has 0 unspecified atom stereocenters. The summed E-state index contributed by atoms with van der Waals surface area (Å²) in [5.74, 6) is 0.758. The summed E-state index contributed by atoms with van der Waals surface area (Å²) < 4.78 is 39.1. The highest BCUT2D eigenvalue weighted by molar-refractivity contribution is 7.87. The van der Waals surface area contributed by atoms with E-state index in [9.17, 15) is 8.42 Å². The van der Waals surface area contributed by atoms with Gasteiger partial charge in [0.15, 0.2) is 0 Å². The average molecular weight is 336 g/mol. The van der Waals surface area contributed by atoms with Crippen LogP contribution in [0.3, 0.4) is 0 Å². The lowest BCUT2D eigenvalue weighted by Crippen LogP contribution is -2.47. The van der Waals surface area contributed by atoms with Crippen LogP contribution in [0, 0.1) is 0 Å². The SMILES string of the molecule is O=S(=O)(NCCOc1cccc2ccccc12)N1CCOCC1. The first-order valence-corrected chi connectivity index (χ1v) is 9.04. The Kier molecular flexibility index (Phi) is 5.12. The van der Waals surface area contributed by atoms with Crippen molar-refractivity contribution in [3.05, 3.63) is 42.5 Å². The maximum Gasteiger partial charge on any atom is 0.279 e. The van der Waals surface area contributed by atoms with Crippen LogP contribution in [0.4, 0.5) is 0 Å². The predicted octanol–water partition coefficient (Wildman–Crippen LogP) is 1.39. The molecular weight excluding hydrogens is 316 g/mol. The zero-order chi connectivity index (χ0) is 16.1. The molecule has 1 N–H and O–H groups in total. The summed E-state index contributed by atoms with van der Waals surface area (Å²) in [6.45, 7) is 2.15. The Labute approximate surface area is 136 Å². The molecule has 3 rings (SSSR count). The smallest absolute Gasteiger partial charge is 0.279 e. The third kappa shape index (κ3) is 4.00. The number of nitrogens with zero attached hydrogens (tertiary/aromatic N) is 1. The molecule has 0 atom stereocenters. The molecule has 0 spiro atoms. The molecule has 0 aromatic heterocycles. The van der Waals surface area contributed by atoms with Crippen LogP contribution in [0.15, 0.2) is 42.5 Å². The lowest BCUT2D eigenvalue weighted by molar-refractivity contribution is 0.0724. The van der Waals surface area contributed by atoms with E-state index in [0.717, 1.165) is 16.5 Å². The normalized spacial score (nSPS) is 16.5. The highest BCUT2D eigenvalue weighted by Crippen LogP contribution is 2.24. The molecular formula is C16H20N2O4S. The number of benzene rings is 2. The highest BCUT2D eigenvalue weighted by atomic mass is 32.2. The van der Waals surface area contributed by atoms with E-state index in [0.29, 0.717) is 26.3 Å². The summed E-state index contributed by atoms with van der Waals surface area (Å²) in [5, 5.41) is 2.12. The summed E-state index contributed by atoms with van der Waals surface area (Å²) in [7, 11) is -3.46. The van der Waals surface area contributed by atoms with Crippen molar-refractivity contribution < 1.29 is 17.9 Å². The van der Waals surface area contributed by atoms with Crippen molar-refractivity contribution in [1.82, 2.24) is 9.03 Å². The standard InChI is InChI=1S/C16H20N2O4S/c19-23(20,18-9-12-21-13-10-18)17-8-11-22-16-7-3-5-14-4-1-2-6-15(14)16/h1-7,17H,8-13H2. The van der Waals surface area contributed by atoms with Gasteiger partial charge < -0.3 is 9.47 Å². The molecule has 124 valence electrons. The Balaban J connectivity index is 1.55. The summed E-state index contributed by atoms with van der Waals surface area (Å²) in [6.07, 6.45) is 0. The Hall–Kier alpha value is -1.67. The number of nitrogens with one attached hydrogen (secondary N) is 1. The molecule has 23 heavy (non-hydrogen) atoms. The molecule has 0 radical (unpaired) electrons. The van der Waals surface area contributed by atoms with E-state index >= 15 is 0 Å². The molecule has 6 nitrogen and oxygen atoms in total. The third-order valence-electron chi connectivity index (χ3n) is 3.70. The first kappa shape index (κ1) is 16.2. The number of hydrogen-bond acceptors (Lipinski definition) is 4. The molecule has 1 heterocycles. The Bertz CT molecular complexity index is 752. The Morgan fingerprint density at radius 3 is 2.65 bits per heavy atom. The van der Waals surface area contributed by atoms with Gasteiger partial charge in [0.05, 0.1) is 13.2 Å². The maximum absolute atomic E-state index is 12.1. The summed E-state index contributed by atoms with van der Waals surface area (Å²) in [6, 6.07) is 13.8. The van der Waals surface area contributed by atoms with Crippen molar-refractivity contribution in [3.63, 3.8) is 0 Å². The predicted molar refractivity (Wildman–Crippen MR) is 88.8 cm³/mol. The van der Waals surface area contributed by atoms with E-state index in [4.69, 9.17) is 9.47 Å². The van der Waals surface area contributed by atoms with Crippen LogP contribution in [0.2, 0.25) is 0 Å². The number of hydrogen-bond donors (Lipinski definition) is 1. The average Bonchev–Trinajstić information content (AvgIpc) is 2.59. The van der Waals surface area contributed by atoms with E-state index in [1.54, 1.807) is 0 Å². The molecule has 0 amide bonds. The van der Waals surface area contributed by atoms with Gasteiger partial charge in [-0.2, -0.15) is 17.4 Å². The lowest BCUT2D eigenvalue weighted by atomic mass is 10.1. The molecule has 0 aliphatic carbocycles. The monoisotopic (exact) mass is 336 g/mol. The molecule has 1 fully saturated rings. The van der Waals surface area contributed by atoms with Crippen LogP contribution in [0.1, 0.15) is 0 Å². The van der Waals surface area contributed by atoms with Crippen LogP contribution in [-0.4, -0.2) is 52.2 Å². The van der Waals surface area contributed by atoms with Crippen molar-refractivity contribution in [3.8, 4) is 5.75 Å². The lowest BCUT2D eigenvalue weighted by Gasteiger charge is -2.26. The molecule has 1 aliphatic heterocycles. The van der Waals surface area contributed by atoms with E-state index < -0.39 is 10.2 Å². The molecule has 0 saturated carbocycles. The van der Waals surface area contributed by atoms with Gasteiger partial charge in [0.2, 0.25) is 0 Å².